The van der Waals surface area contributed by atoms with Crippen LogP contribution in [-0.2, 0) is 29.7 Å². The molecule has 164 valence electrons. The number of methoxy groups -OCH3 is 1. The average Bonchev–Trinajstić information content (AvgIpc) is 3.16. The molecule has 2 aromatic rings. The minimum atomic E-state index is 0.0307. The number of aromatic nitrogens is 3. The minimum Gasteiger partial charge on any atom is -0.377 e. The number of guanidine groups is 1. The van der Waals surface area contributed by atoms with E-state index < -0.39 is 0 Å². The van der Waals surface area contributed by atoms with Gasteiger partial charge in [0.2, 0.25) is 0 Å². The quantitative estimate of drug-likeness (QED) is 0.494. The molecule has 0 amide bonds. The summed E-state index contributed by atoms with van der Waals surface area (Å²) >= 11 is 6.10. The van der Waals surface area contributed by atoms with Gasteiger partial charge in [-0.05, 0) is 37.0 Å². The normalized spacial score (nSPS) is 17.0. The van der Waals surface area contributed by atoms with Gasteiger partial charge in [0.1, 0.15) is 12.4 Å². The largest absolute Gasteiger partial charge is 0.377 e. The Morgan fingerprint density at radius 2 is 2.03 bits per heavy atom. The molecule has 1 aromatic heterocycles. The van der Waals surface area contributed by atoms with Crippen LogP contribution in [0.2, 0.25) is 5.02 Å². The molecule has 1 atom stereocenters. The van der Waals surface area contributed by atoms with Crippen LogP contribution in [0.3, 0.4) is 0 Å². The maximum Gasteiger partial charge on any atom is 0.191 e. The Labute approximate surface area is 184 Å². The van der Waals surface area contributed by atoms with E-state index >= 15 is 0 Å². The third kappa shape index (κ3) is 5.13. The fraction of sp³-hybridized carbons (Fsp3) is 0.591. The molecule has 1 aromatic carbocycles. The molecule has 30 heavy (non-hydrogen) atoms. The van der Waals surface area contributed by atoms with Gasteiger partial charge in [0, 0.05) is 43.6 Å². The molecule has 7 nitrogen and oxygen atoms in total. The van der Waals surface area contributed by atoms with Gasteiger partial charge in [0.15, 0.2) is 11.8 Å². The molecule has 1 aliphatic heterocycles. The summed E-state index contributed by atoms with van der Waals surface area (Å²) in [6, 6.07) is 8.48. The number of ether oxygens (including phenoxy) is 1. The summed E-state index contributed by atoms with van der Waals surface area (Å²) in [4.78, 5) is 9.01. The number of hydrogen-bond donors (Lipinski definition) is 2. The number of benzene rings is 1. The first kappa shape index (κ1) is 22.6. The SMILES string of the molecule is CCC(CC)(CNC(=NC)NC1CCc2nc(COC)nn2C1)c1ccc(Cl)cc1. The number of halogens is 1. The fourth-order valence-corrected chi connectivity index (χ4v) is 4.25. The van der Waals surface area contributed by atoms with Gasteiger partial charge in [-0.15, -0.1) is 0 Å². The number of rotatable bonds is 8. The molecule has 2 heterocycles. The third-order valence-corrected chi connectivity index (χ3v) is 6.40. The molecule has 0 radical (unpaired) electrons. The van der Waals surface area contributed by atoms with E-state index in [2.05, 4.69) is 51.7 Å². The third-order valence-electron chi connectivity index (χ3n) is 6.14. The Hall–Kier alpha value is -2.12. The van der Waals surface area contributed by atoms with Crippen LogP contribution in [0.4, 0.5) is 0 Å². The molecular formula is C22H33ClN6O. The number of aliphatic imine (C=N–C) groups is 1. The van der Waals surface area contributed by atoms with Gasteiger partial charge in [0.05, 0.1) is 6.54 Å². The zero-order chi connectivity index (χ0) is 21.6. The van der Waals surface area contributed by atoms with E-state index in [1.165, 1.54) is 5.56 Å². The maximum atomic E-state index is 6.10. The Morgan fingerprint density at radius 1 is 1.30 bits per heavy atom. The fourth-order valence-electron chi connectivity index (χ4n) is 4.12. The molecule has 0 fully saturated rings. The summed E-state index contributed by atoms with van der Waals surface area (Å²) in [5, 5.41) is 12.4. The van der Waals surface area contributed by atoms with E-state index in [9.17, 15) is 0 Å². The molecule has 3 rings (SSSR count). The summed E-state index contributed by atoms with van der Waals surface area (Å²) in [7, 11) is 3.48. The lowest BCUT2D eigenvalue weighted by atomic mass is 9.76. The second-order valence-electron chi connectivity index (χ2n) is 7.86. The topological polar surface area (TPSA) is 76.4 Å². The van der Waals surface area contributed by atoms with E-state index in [-0.39, 0.29) is 11.5 Å². The number of nitrogens with one attached hydrogen (secondary N) is 2. The number of aryl methyl sites for hydroxylation is 1. The Kier molecular flexibility index (Phi) is 7.72. The molecular weight excluding hydrogens is 400 g/mol. The van der Waals surface area contributed by atoms with E-state index in [0.717, 1.165) is 61.4 Å². The molecule has 1 aliphatic rings. The maximum absolute atomic E-state index is 6.10. The average molecular weight is 433 g/mol. The highest BCUT2D eigenvalue weighted by Gasteiger charge is 2.29. The monoisotopic (exact) mass is 432 g/mol. The second kappa shape index (κ2) is 10.3. The minimum absolute atomic E-state index is 0.0307. The van der Waals surface area contributed by atoms with Gasteiger partial charge >= 0.3 is 0 Å². The van der Waals surface area contributed by atoms with Crippen molar-refractivity contribution in [2.45, 2.75) is 64.1 Å². The number of fused-ring (bicyclic) bond motifs is 1. The molecule has 0 bridgehead atoms. The predicted molar refractivity (Wildman–Crippen MR) is 121 cm³/mol. The second-order valence-corrected chi connectivity index (χ2v) is 8.30. The van der Waals surface area contributed by atoms with Crippen molar-refractivity contribution in [1.82, 2.24) is 25.4 Å². The standard InChI is InChI=1S/C22H33ClN6O/c1-5-22(6-2,16-7-9-17(23)10-8-16)15-25-21(24-3)26-18-11-12-20-27-19(14-30-4)28-29(20)13-18/h7-10,18H,5-6,11-15H2,1-4H3,(H2,24,25,26). The predicted octanol–water partition coefficient (Wildman–Crippen LogP) is 3.32. The van der Waals surface area contributed by atoms with Crippen molar-refractivity contribution in [2.75, 3.05) is 20.7 Å². The van der Waals surface area contributed by atoms with Gasteiger partial charge in [0.25, 0.3) is 0 Å². The van der Waals surface area contributed by atoms with Crippen LogP contribution in [0.1, 0.15) is 50.3 Å². The van der Waals surface area contributed by atoms with E-state index in [0.29, 0.717) is 6.61 Å². The van der Waals surface area contributed by atoms with Crippen molar-refractivity contribution in [3.63, 3.8) is 0 Å². The lowest BCUT2D eigenvalue weighted by Gasteiger charge is -2.34. The van der Waals surface area contributed by atoms with E-state index in [4.69, 9.17) is 16.3 Å². The van der Waals surface area contributed by atoms with Gasteiger partial charge in [-0.2, -0.15) is 5.10 Å². The zero-order valence-corrected chi connectivity index (χ0v) is 19.2. The first-order chi connectivity index (χ1) is 14.5. The van der Waals surface area contributed by atoms with Crippen molar-refractivity contribution in [3.8, 4) is 0 Å². The van der Waals surface area contributed by atoms with Crippen molar-refractivity contribution in [2.24, 2.45) is 4.99 Å². The first-order valence-electron chi connectivity index (χ1n) is 10.7. The first-order valence-corrected chi connectivity index (χ1v) is 11.1. The number of hydrogen-bond acceptors (Lipinski definition) is 4. The lowest BCUT2D eigenvalue weighted by molar-refractivity contribution is 0.177. The van der Waals surface area contributed by atoms with Gasteiger partial charge < -0.3 is 15.4 Å². The van der Waals surface area contributed by atoms with Crippen LogP contribution in [0.25, 0.3) is 0 Å². The van der Waals surface area contributed by atoms with E-state index in [1.54, 1.807) is 7.11 Å². The summed E-state index contributed by atoms with van der Waals surface area (Å²) < 4.78 is 7.14. The molecule has 0 saturated heterocycles. The van der Waals surface area contributed by atoms with Gasteiger partial charge in [-0.1, -0.05) is 37.6 Å². The molecule has 1 unspecified atom stereocenters. The van der Waals surface area contributed by atoms with Crippen LogP contribution in [-0.4, -0.2) is 47.5 Å². The van der Waals surface area contributed by atoms with Crippen LogP contribution in [0.5, 0.6) is 0 Å². The van der Waals surface area contributed by atoms with Crippen molar-refractivity contribution < 1.29 is 4.74 Å². The zero-order valence-electron chi connectivity index (χ0n) is 18.4. The Balaban J connectivity index is 1.63. The highest BCUT2D eigenvalue weighted by atomic mass is 35.5. The van der Waals surface area contributed by atoms with Gasteiger partial charge in [-0.25, -0.2) is 9.67 Å². The molecule has 8 heteroatoms. The smallest absolute Gasteiger partial charge is 0.191 e. The highest BCUT2D eigenvalue weighted by Crippen LogP contribution is 2.31. The molecule has 0 aliphatic carbocycles. The van der Waals surface area contributed by atoms with Crippen molar-refractivity contribution >= 4 is 17.6 Å². The Morgan fingerprint density at radius 3 is 2.67 bits per heavy atom. The molecule has 2 N–H and O–H groups in total. The van der Waals surface area contributed by atoms with Gasteiger partial charge in [-0.3, -0.25) is 4.99 Å². The van der Waals surface area contributed by atoms with Crippen LogP contribution >= 0.6 is 11.6 Å². The summed E-state index contributed by atoms with van der Waals surface area (Å²) in [5.41, 5.74) is 1.33. The highest BCUT2D eigenvalue weighted by molar-refractivity contribution is 6.30. The summed E-state index contributed by atoms with van der Waals surface area (Å²) in [6.07, 6.45) is 3.95. The summed E-state index contributed by atoms with van der Waals surface area (Å²) in [6.45, 7) is 6.50. The van der Waals surface area contributed by atoms with Crippen LogP contribution in [0.15, 0.2) is 29.3 Å². The van der Waals surface area contributed by atoms with Crippen LogP contribution < -0.4 is 10.6 Å². The van der Waals surface area contributed by atoms with Crippen molar-refractivity contribution in [1.29, 1.82) is 0 Å². The Bertz CT molecular complexity index is 844. The number of nitrogens with zero attached hydrogens (tertiary/aromatic N) is 4. The van der Waals surface area contributed by atoms with Crippen molar-refractivity contribution in [3.05, 3.63) is 46.5 Å². The molecule has 0 saturated carbocycles. The van der Waals surface area contributed by atoms with E-state index in [1.807, 2.05) is 23.9 Å². The molecule has 0 spiro atoms. The summed E-state index contributed by atoms with van der Waals surface area (Å²) in [5.74, 6) is 2.59. The van der Waals surface area contributed by atoms with Crippen LogP contribution in [0, 0.1) is 0 Å². The lowest BCUT2D eigenvalue weighted by Crippen LogP contribution is -2.50.